The van der Waals surface area contributed by atoms with E-state index in [0.717, 1.165) is 71.5 Å². The third kappa shape index (κ3) is 4.05. The van der Waals surface area contributed by atoms with Crippen LogP contribution in [-0.4, -0.2) is 0 Å². The second-order valence-electron chi connectivity index (χ2n) is 14.0. The Balaban J connectivity index is 1.09. The van der Waals surface area contributed by atoms with Crippen molar-refractivity contribution in [1.82, 2.24) is 0 Å². The summed E-state index contributed by atoms with van der Waals surface area (Å²) in [5.74, 6) is 0. The summed E-state index contributed by atoms with van der Waals surface area (Å²) >= 11 is 0. The molecular formula is C50H28O3. The second-order valence-corrected chi connectivity index (χ2v) is 14.0. The van der Waals surface area contributed by atoms with Crippen molar-refractivity contribution in [3.05, 3.63) is 170 Å². The van der Waals surface area contributed by atoms with Crippen molar-refractivity contribution in [3.8, 4) is 33.4 Å². The van der Waals surface area contributed by atoms with E-state index in [4.69, 9.17) is 13.3 Å². The summed E-state index contributed by atoms with van der Waals surface area (Å²) < 4.78 is 19.2. The van der Waals surface area contributed by atoms with Crippen molar-refractivity contribution in [3.63, 3.8) is 0 Å². The van der Waals surface area contributed by atoms with Crippen molar-refractivity contribution in [2.24, 2.45) is 0 Å². The Hall–Kier alpha value is -7.10. The lowest BCUT2D eigenvalue weighted by Crippen LogP contribution is -1.91. The first-order valence-electron chi connectivity index (χ1n) is 18.0. The summed E-state index contributed by atoms with van der Waals surface area (Å²) in [5.41, 5.74) is 11.1. The van der Waals surface area contributed by atoms with E-state index in [1.807, 2.05) is 24.5 Å². The van der Waals surface area contributed by atoms with Crippen LogP contribution in [0.4, 0.5) is 0 Å². The van der Waals surface area contributed by atoms with Crippen molar-refractivity contribution in [1.29, 1.82) is 0 Å². The van der Waals surface area contributed by atoms with Gasteiger partial charge in [0.1, 0.15) is 16.7 Å². The quantitative estimate of drug-likeness (QED) is 0.175. The summed E-state index contributed by atoms with van der Waals surface area (Å²) in [6, 6.07) is 58.4. The number of benzene rings is 9. The molecule has 0 aliphatic heterocycles. The molecule has 0 aliphatic rings. The van der Waals surface area contributed by atoms with Crippen molar-refractivity contribution < 1.29 is 13.3 Å². The fraction of sp³-hybridized carbons (Fsp3) is 0. The fourth-order valence-electron chi connectivity index (χ4n) is 8.77. The average Bonchev–Trinajstić information content (AvgIpc) is 3.93. The molecule has 0 saturated carbocycles. The minimum Gasteiger partial charge on any atom is -0.460 e. The molecule has 0 saturated heterocycles. The summed E-state index contributed by atoms with van der Waals surface area (Å²) in [4.78, 5) is 0. The van der Waals surface area contributed by atoms with Gasteiger partial charge in [0.25, 0.3) is 0 Å². The van der Waals surface area contributed by atoms with E-state index in [0.29, 0.717) is 0 Å². The molecule has 9 aromatic carbocycles. The maximum absolute atomic E-state index is 6.69. The van der Waals surface area contributed by atoms with Crippen LogP contribution in [0.5, 0.6) is 0 Å². The number of fused-ring (bicyclic) bond motifs is 12. The molecule has 12 aromatic rings. The smallest absolute Gasteiger partial charge is 0.178 e. The molecule has 0 unspecified atom stereocenters. The highest BCUT2D eigenvalue weighted by atomic mass is 16.4. The van der Waals surface area contributed by atoms with Crippen LogP contribution < -0.4 is 0 Å². The zero-order valence-electron chi connectivity index (χ0n) is 28.4. The standard InChI is InChI=1S/C50H28O3/c1-2-10-29(11-3-1)42-28-51-49-39(42)24-23-38-33-22-20-32(27-45(33)53-50(38)49)47-36-14-6-4-12-34(36)46(35-13-5-7-15-37(35)47)31-19-18-30-21-25-44-48(41(30)26-31)40-16-8-9-17-43(40)52-44/h1-28H. The third-order valence-corrected chi connectivity index (χ3v) is 11.1. The number of para-hydroxylation sites is 1. The van der Waals surface area contributed by atoms with Gasteiger partial charge in [-0.05, 0) is 103 Å². The van der Waals surface area contributed by atoms with E-state index < -0.39 is 0 Å². The zero-order valence-corrected chi connectivity index (χ0v) is 28.4. The first kappa shape index (κ1) is 28.6. The van der Waals surface area contributed by atoms with Crippen LogP contribution in [0.15, 0.2) is 183 Å². The molecule has 0 radical (unpaired) electrons. The van der Waals surface area contributed by atoms with Gasteiger partial charge >= 0.3 is 0 Å². The lowest BCUT2D eigenvalue weighted by atomic mass is 9.85. The molecule has 3 nitrogen and oxygen atoms in total. The predicted molar refractivity (Wildman–Crippen MR) is 220 cm³/mol. The largest absolute Gasteiger partial charge is 0.460 e. The first-order chi connectivity index (χ1) is 26.3. The van der Waals surface area contributed by atoms with E-state index in [1.54, 1.807) is 0 Å². The minimum absolute atomic E-state index is 0.774. The molecule has 53 heavy (non-hydrogen) atoms. The van der Waals surface area contributed by atoms with Gasteiger partial charge in [-0.15, -0.1) is 0 Å². The van der Waals surface area contributed by atoms with Crippen molar-refractivity contribution >= 4 is 87.2 Å². The van der Waals surface area contributed by atoms with Crippen LogP contribution in [0.2, 0.25) is 0 Å². The third-order valence-electron chi connectivity index (χ3n) is 11.1. The predicted octanol–water partition coefficient (Wildman–Crippen LogP) is 14.7. The lowest BCUT2D eigenvalue weighted by Gasteiger charge is -2.18. The maximum atomic E-state index is 6.69. The molecule has 0 aliphatic carbocycles. The maximum Gasteiger partial charge on any atom is 0.178 e. The van der Waals surface area contributed by atoms with Gasteiger partial charge in [0.15, 0.2) is 11.2 Å². The highest BCUT2D eigenvalue weighted by molar-refractivity contribution is 6.24. The van der Waals surface area contributed by atoms with E-state index in [-0.39, 0.29) is 0 Å². The Bertz CT molecular complexity index is 3390. The SMILES string of the molecule is c1ccc(-c2coc3c2ccc2c4ccc(-c5c6ccccc6c(-c6ccc7ccc8oc9ccccc9c8c7c6)c6ccccc56)cc4oc23)cc1. The van der Waals surface area contributed by atoms with Gasteiger partial charge in [-0.1, -0.05) is 121 Å². The topological polar surface area (TPSA) is 39.4 Å². The normalized spacial score (nSPS) is 12.2. The first-order valence-corrected chi connectivity index (χ1v) is 18.0. The minimum atomic E-state index is 0.774. The summed E-state index contributed by atoms with van der Waals surface area (Å²) in [6.07, 6.45) is 1.84. The van der Waals surface area contributed by atoms with E-state index in [2.05, 4.69) is 146 Å². The van der Waals surface area contributed by atoms with Crippen LogP contribution in [0.1, 0.15) is 0 Å². The van der Waals surface area contributed by atoms with Crippen LogP contribution in [0, 0.1) is 0 Å². The molecule has 0 amide bonds. The van der Waals surface area contributed by atoms with E-state index in [9.17, 15) is 0 Å². The molecule has 0 N–H and O–H groups in total. The van der Waals surface area contributed by atoms with Crippen LogP contribution in [-0.2, 0) is 0 Å². The number of rotatable bonds is 3. The highest BCUT2D eigenvalue weighted by Crippen LogP contribution is 2.47. The van der Waals surface area contributed by atoms with Crippen molar-refractivity contribution in [2.45, 2.75) is 0 Å². The van der Waals surface area contributed by atoms with Gasteiger partial charge in [0.2, 0.25) is 0 Å². The van der Waals surface area contributed by atoms with Gasteiger partial charge in [-0.2, -0.15) is 0 Å². The molecule has 0 fully saturated rings. The Labute approximate surface area is 302 Å². The Morgan fingerprint density at radius 2 is 0.925 bits per heavy atom. The molecular weight excluding hydrogens is 649 g/mol. The zero-order chi connectivity index (χ0) is 34.6. The van der Waals surface area contributed by atoms with Crippen LogP contribution in [0.3, 0.4) is 0 Å². The molecule has 0 bridgehead atoms. The lowest BCUT2D eigenvalue weighted by molar-refractivity contribution is 0.600. The Morgan fingerprint density at radius 1 is 0.321 bits per heavy atom. The molecule has 3 heteroatoms. The van der Waals surface area contributed by atoms with Crippen LogP contribution in [0.25, 0.3) is 121 Å². The second kappa shape index (κ2) is 10.7. The monoisotopic (exact) mass is 676 g/mol. The summed E-state index contributed by atoms with van der Waals surface area (Å²) in [6.45, 7) is 0. The van der Waals surface area contributed by atoms with Gasteiger partial charge in [0, 0.05) is 32.5 Å². The van der Waals surface area contributed by atoms with Gasteiger partial charge in [-0.3, -0.25) is 0 Å². The van der Waals surface area contributed by atoms with Gasteiger partial charge < -0.3 is 13.3 Å². The number of hydrogen-bond donors (Lipinski definition) is 0. The van der Waals surface area contributed by atoms with Crippen LogP contribution >= 0.6 is 0 Å². The molecule has 3 aromatic heterocycles. The van der Waals surface area contributed by atoms with Gasteiger partial charge in [0.05, 0.1) is 6.26 Å². The molecule has 3 heterocycles. The van der Waals surface area contributed by atoms with E-state index in [1.165, 1.54) is 49.0 Å². The Morgan fingerprint density at radius 3 is 1.68 bits per heavy atom. The Kier molecular flexibility index (Phi) is 5.77. The fourth-order valence-corrected chi connectivity index (χ4v) is 8.77. The number of furan rings is 3. The summed E-state index contributed by atoms with van der Waals surface area (Å²) in [5, 5.41) is 12.7. The highest BCUT2D eigenvalue weighted by Gasteiger charge is 2.20. The average molecular weight is 677 g/mol. The summed E-state index contributed by atoms with van der Waals surface area (Å²) in [7, 11) is 0. The molecule has 0 spiro atoms. The van der Waals surface area contributed by atoms with Gasteiger partial charge in [-0.25, -0.2) is 0 Å². The molecule has 0 atom stereocenters. The number of hydrogen-bond acceptors (Lipinski definition) is 3. The molecule has 246 valence electrons. The molecule has 12 rings (SSSR count). The van der Waals surface area contributed by atoms with Crippen molar-refractivity contribution in [2.75, 3.05) is 0 Å². The van der Waals surface area contributed by atoms with E-state index >= 15 is 0 Å².